The van der Waals surface area contributed by atoms with E-state index in [1.54, 1.807) is 6.92 Å². The molecule has 0 heterocycles. The monoisotopic (exact) mass is 246 g/mol. The number of nitrogens with one attached hydrogen (secondary N) is 1. The molecule has 98 valence electrons. The number of aliphatic carboxylic acids is 1. The normalized spacial score (nSPS) is 13.8. The van der Waals surface area contributed by atoms with E-state index in [0.717, 1.165) is 0 Å². The van der Waals surface area contributed by atoms with Crippen LogP contribution >= 0.6 is 0 Å². The first-order valence-corrected chi connectivity index (χ1v) is 5.16. The van der Waals surface area contributed by atoms with Crippen LogP contribution in [-0.4, -0.2) is 42.6 Å². The second-order valence-corrected chi connectivity index (χ2v) is 3.89. The van der Waals surface area contributed by atoms with Crippen molar-refractivity contribution in [2.75, 3.05) is 13.7 Å². The van der Waals surface area contributed by atoms with Crippen LogP contribution in [0.15, 0.2) is 0 Å². The molecule has 0 aliphatic carbocycles. The van der Waals surface area contributed by atoms with Crippen molar-refractivity contribution in [2.45, 2.75) is 25.8 Å². The van der Waals surface area contributed by atoms with E-state index in [-0.39, 0.29) is 12.3 Å². The summed E-state index contributed by atoms with van der Waals surface area (Å²) in [7, 11) is 1.52. The van der Waals surface area contributed by atoms with E-state index in [2.05, 4.69) is 5.32 Å². The molecule has 17 heavy (non-hydrogen) atoms. The van der Waals surface area contributed by atoms with Crippen LogP contribution in [0.4, 0.5) is 0 Å². The maximum atomic E-state index is 11.4. The van der Waals surface area contributed by atoms with Crippen LogP contribution in [0.25, 0.3) is 0 Å². The summed E-state index contributed by atoms with van der Waals surface area (Å²) in [5.74, 6) is -2.52. The van der Waals surface area contributed by atoms with Crippen molar-refractivity contribution in [3.8, 4) is 0 Å². The standard InChI is InChI=1S/C10H18N2O5/c1-6(5-17-2)3-9(14)12-7(10(15)16)4-8(11)13/h6-7H,3-5H2,1-2H3,(H2,11,13)(H,12,14)(H,15,16)/t6?,7-/m0/s1. The SMILES string of the molecule is COCC(C)CC(=O)N[C@@H](CC(N)=O)C(=O)O. The minimum Gasteiger partial charge on any atom is -0.480 e. The third kappa shape index (κ3) is 7.29. The van der Waals surface area contributed by atoms with Crippen molar-refractivity contribution in [1.82, 2.24) is 5.32 Å². The van der Waals surface area contributed by atoms with Crippen LogP contribution < -0.4 is 11.1 Å². The largest absolute Gasteiger partial charge is 0.480 e. The molecule has 0 fully saturated rings. The molecule has 2 amide bonds. The maximum absolute atomic E-state index is 11.4. The molecule has 0 rings (SSSR count). The molecule has 0 aliphatic heterocycles. The number of ether oxygens (including phenoxy) is 1. The molecule has 0 saturated carbocycles. The van der Waals surface area contributed by atoms with Gasteiger partial charge in [0.2, 0.25) is 11.8 Å². The van der Waals surface area contributed by atoms with Gasteiger partial charge in [-0.3, -0.25) is 9.59 Å². The summed E-state index contributed by atoms with van der Waals surface area (Å²) < 4.78 is 4.85. The lowest BCUT2D eigenvalue weighted by atomic mass is 10.1. The summed E-state index contributed by atoms with van der Waals surface area (Å²) in [5.41, 5.74) is 4.88. The number of amides is 2. The van der Waals surface area contributed by atoms with Gasteiger partial charge in [-0.1, -0.05) is 6.92 Å². The van der Waals surface area contributed by atoms with Crippen molar-refractivity contribution in [2.24, 2.45) is 11.7 Å². The summed E-state index contributed by atoms with van der Waals surface area (Å²) in [6, 6.07) is -1.27. The van der Waals surface area contributed by atoms with E-state index < -0.39 is 30.2 Å². The Bertz CT molecular complexity index is 292. The van der Waals surface area contributed by atoms with Gasteiger partial charge in [-0.15, -0.1) is 0 Å². The lowest BCUT2D eigenvalue weighted by molar-refractivity contribution is -0.143. The molecule has 7 heteroatoms. The van der Waals surface area contributed by atoms with Crippen LogP contribution in [0.2, 0.25) is 0 Å². The summed E-state index contributed by atoms with van der Waals surface area (Å²) in [4.78, 5) is 32.8. The Morgan fingerprint density at radius 1 is 1.35 bits per heavy atom. The van der Waals surface area contributed by atoms with Gasteiger partial charge in [-0.05, 0) is 5.92 Å². The lowest BCUT2D eigenvalue weighted by Gasteiger charge is -2.15. The molecule has 0 radical (unpaired) electrons. The molecular weight excluding hydrogens is 228 g/mol. The minimum absolute atomic E-state index is 0.0250. The van der Waals surface area contributed by atoms with Crippen LogP contribution in [0.5, 0.6) is 0 Å². The highest BCUT2D eigenvalue weighted by Gasteiger charge is 2.22. The van der Waals surface area contributed by atoms with E-state index in [9.17, 15) is 14.4 Å². The van der Waals surface area contributed by atoms with Gasteiger partial charge < -0.3 is 20.9 Å². The maximum Gasteiger partial charge on any atom is 0.326 e. The first kappa shape index (κ1) is 15.4. The quantitative estimate of drug-likeness (QED) is 0.513. The molecule has 0 aromatic heterocycles. The Labute approximate surface area is 99.3 Å². The zero-order chi connectivity index (χ0) is 13.4. The summed E-state index contributed by atoms with van der Waals surface area (Å²) in [5, 5.41) is 11.0. The zero-order valence-corrected chi connectivity index (χ0v) is 9.93. The van der Waals surface area contributed by atoms with Gasteiger partial charge in [0.1, 0.15) is 6.04 Å². The number of carbonyl (C=O) groups excluding carboxylic acids is 2. The molecule has 7 nitrogen and oxygen atoms in total. The van der Waals surface area contributed by atoms with Gasteiger partial charge in [-0.25, -0.2) is 4.79 Å². The van der Waals surface area contributed by atoms with E-state index in [4.69, 9.17) is 15.6 Å². The van der Waals surface area contributed by atoms with Crippen molar-refractivity contribution in [3.05, 3.63) is 0 Å². The highest BCUT2D eigenvalue weighted by Crippen LogP contribution is 2.02. The fourth-order valence-electron chi connectivity index (χ4n) is 1.31. The Balaban J connectivity index is 4.21. The number of carboxylic acids is 1. The minimum atomic E-state index is -1.28. The summed E-state index contributed by atoms with van der Waals surface area (Å²) in [6.45, 7) is 2.20. The molecule has 2 atom stereocenters. The van der Waals surface area contributed by atoms with Gasteiger partial charge in [0.25, 0.3) is 0 Å². The zero-order valence-electron chi connectivity index (χ0n) is 9.93. The average molecular weight is 246 g/mol. The van der Waals surface area contributed by atoms with E-state index in [0.29, 0.717) is 6.61 Å². The van der Waals surface area contributed by atoms with E-state index in [1.807, 2.05) is 0 Å². The second-order valence-electron chi connectivity index (χ2n) is 3.89. The molecule has 1 unspecified atom stereocenters. The van der Waals surface area contributed by atoms with Crippen LogP contribution in [-0.2, 0) is 19.1 Å². The van der Waals surface area contributed by atoms with Crippen molar-refractivity contribution in [1.29, 1.82) is 0 Å². The van der Waals surface area contributed by atoms with Gasteiger partial charge in [0.05, 0.1) is 6.42 Å². The van der Waals surface area contributed by atoms with Crippen LogP contribution in [0.3, 0.4) is 0 Å². The number of nitrogens with two attached hydrogens (primary N) is 1. The number of carboxylic acid groups (broad SMARTS) is 1. The molecule has 0 aliphatic rings. The van der Waals surface area contributed by atoms with E-state index in [1.165, 1.54) is 7.11 Å². The Kier molecular flexibility index (Phi) is 6.88. The predicted octanol–water partition coefficient (Wildman–Crippen LogP) is -0.896. The number of hydrogen-bond acceptors (Lipinski definition) is 4. The molecule has 0 aromatic rings. The van der Waals surface area contributed by atoms with Crippen molar-refractivity contribution < 1.29 is 24.2 Å². The van der Waals surface area contributed by atoms with Crippen molar-refractivity contribution in [3.63, 3.8) is 0 Å². The number of rotatable bonds is 8. The van der Waals surface area contributed by atoms with Gasteiger partial charge in [0, 0.05) is 20.1 Å². The van der Waals surface area contributed by atoms with Gasteiger partial charge >= 0.3 is 5.97 Å². The number of primary amides is 1. The third-order valence-corrected chi connectivity index (χ3v) is 2.02. The Morgan fingerprint density at radius 3 is 2.35 bits per heavy atom. The highest BCUT2D eigenvalue weighted by molar-refractivity contribution is 5.88. The smallest absolute Gasteiger partial charge is 0.326 e. The van der Waals surface area contributed by atoms with Gasteiger partial charge in [-0.2, -0.15) is 0 Å². The second kappa shape index (κ2) is 7.61. The first-order chi connectivity index (χ1) is 7.86. The molecule has 4 N–H and O–H groups in total. The highest BCUT2D eigenvalue weighted by atomic mass is 16.5. The molecule has 0 bridgehead atoms. The fraction of sp³-hybridized carbons (Fsp3) is 0.700. The molecular formula is C10H18N2O5. The number of hydrogen-bond donors (Lipinski definition) is 3. The third-order valence-electron chi connectivity index (χ3n) is 2.02. The first-order valence-electron chi connectivity index (χ1n) is 5.16. The molecule has 0 spiro atoms. The average Bonchev–Trinajstić information content (AvgIpc) is 2.15. The summed E-state index contributed by atoms with van der Waals surface area (Å²) in [6.07, 6.45) is -0.282. The molecule has 0 saturated heterocycles. The van der Waals surface area contributed by atoms with Gasteiger partial charge in [0.15, 0.2) is 0 Å². The predicted molar refractivity (Wildman–Crippen MR) is 59.0 cm³/mol. The lowest BCUT2D eigenvalue weighted by Crippen LogP contribution is -2.43. The number of carbonyl (C=O) groups is 3. The van der Waals surface area contributed by atoms with Crippen LogP contribution in [0, 0.1) is 5.92 Å². The Hall–Kier alpha value is -1.63. The topological polar surface area (TPSA) is 119 Å². The van der Waals surface area contributed by atoms with E-state index >= 15 is 0 Å². The van der Waals surface area contributed by atoms with Crippen LogP contribution in [0.1, 0.15) is 19.8 Å². The Morgan fingerprint density at radius 2 is 1.94 bits per heavy atom. The molecule has 0 aromatic carbocycles. The summed E-state index contributed by atoms with van der Waals surface area (Å²) >= 11 is 0. The fourth-order valence-corrected chi connectivity index (χ4v) is 1.31. The number of methoxy groups -OCH3 is 1. The van der Waals surface area contributed by atoms with Crippen molar-refractivity contribution >= 4 is 17.8 Å².